The molecule has 5 heteroatoms. The van der Waals surface area contributed by atoms with Crippen LogP contribution in [0.15, 0.2) is 16.0 Å². The third-order valence-electron chi connectivity index (χ3n) is 2.59. The number of aliphatic hydroxyl groups is 1. The standard InChI is InChI=1S/C11H18N2O2S/c1-7(2)11(4,15)6-16-10-12-8(3)5-9(14)13-10/h5,7,15H,6H2,1-4H3,(H,12,13,14). The van der Waals surface area contributed by atoms with Crippen LogP contribution in [0, 0.1) is 12.8 Å². The lowest BCUT2D eigenvalue weighted by molar-refractivity contribution is 0.0376. The van der Waals surface area contributed by atoms with Gasteiger partial charge in [0.1, 0.15) is 0 Å². The maximum atomic E-state index is 11.2. The fourth-order valence-electron chi connectivity index (χ4n) is 1.00. The molecule has 0 saturated carbocycles. The first kappa shape index (κ1) is 13.3. The Morgan fingerprint density at radius 2 is 2.25 bits per heavy atom. The van der Waals surface area contributed by atoms with Crippen molar-refractivity contribution in [2.24, 2.45) is 5.92 Å². The molecule has 1 rings (SSSR count). The highest BCUT2D eigenvalue weighted by Gasteiger charge is 2.25. The van der Waals surface area contributed by atoms with Crippen LogP contribution in [-0.2, 0) is 0 Å². The zero-order chi connectivity index (χ0) is 12.3. The van der Waals surface area contributed by atoms with Crippen molar-refractivity contribution in [3.05, 3.63) is 22.1 Å². The summed E-state index contributed by atoms with van der Waals surface area (Å²) >= 11 is 1.37. The van der Waals surface area contributed by atoms with Crippen molar-refractivity contribution in [2.45, 2.75) is 38.5 Å². The number of hydrogen-bond acceptors (Lipinski definition) is 4. The van der Waals surface area contributed by atoms with E-state index in [1.54, 1.807) is 13.8 Å². The van der Waals surface area contributed by atoms with Gasteiger partial charge >= 0.3 is 0 Å². The molecule has 0 radical (unpaired) electrons. The van der Waals surface area contributed by atoms with Crippen molar-refractivity contribution >= 4 is 11.8 Å². The molecule has 0 saturated heterocycles. The van der Waals surface area contributed by atoms with Crippen LogP contribution in [0.5, 0.6) is 0 Å². The Morgan fingerprint density at radius 3 is 2.75 bits per heavy atom. The van der Waals surface area contributed by atoms with Gasteiger partial charge in [0.15, 0.2) is 5.16 Å². The Kier molecular flexibility index (Phi) is 4.15. The average molecular weight is 242 g/mol. The first-order chi connectivity index (χ1) is 7.31. The maximum Gasteiger partial charge on any atom is 0.251 e. The van der Waals surface area contributed by atoms with Crippen molar-refractivity contribution in [1.82, 2.24) is 9.97 Å². The lowest BCUT2D eigenvalue weighted by Gasteiger charge is -2.26. The van der Waals surface area contributed by atoms with Crippen molar-refractivity contribution < 1.29 is 5.11 Å². The summed E-state index contributed by atoms with van der Waals surface area (Å²) in [6.45, 7) is 7.50. The van der Waals surface area contributed by atoms with Crippen LogP contribution < -0.4 is 5.56 Å². The number of rotatable bonds is 4. The van der Waals surface area contributed by atoms with Crippen molar-refractivity contribution in [1.29, 1.82) is 0 Å². The number of aryl methyl sites for hydroxylation is 1. The van der Waals surface area contributed by atoms with E-state index in [9.17, 15) is 9.90 Å². The number of H-pyrrole nitrogens is 1. The number of nitrogens with one attached hydrogen (secondary N) is 1. The highest BCUT2D eigenvalue weighted by molar-refractivity contribution is 7.99. The van der Waals surface area contributed by atoms with E-state index in [2.05, 4.69) is 9.97 Å². The molecule has 0 aliphatic rings. The number of nitrogens with zero attached hydrogens (tertiary/aromatic N) is 1. The molecule has 1 aromatic heterocycles. The summed E-state index contributed by atoms with van der Waals surface area (Å²) in [6.07, 6.45) is 0. The molecule has 0 aliphatic heterocycles. The van der Waals surface area contributed by atoms with Crippen molar-refractivity contribution in [3.8, 4) is 0 Å². The van der Waals surface area contributed by atoms with Crippen LogP contribution >= 0.6 is 11.8 Å². The average Bonchev–Trinajstić information content (AvgIpc) is 2.13. The molecule has 0 bridgehead atoms. The Hall–Kier alpha value is -0.810. The molecule has 0 aliphatic carbocycles. The van der Waals surface area contributed by atoms with Crippen molar-refractivity contribution in [2.75, 3.05) is 5.75 Å². The highest BCUT2D eigenvalue weighted by Crippen LogP contribution is 2.24. The summed E-state index contributed by atoms with van der Waals surface area (Å²) in [5, 5.41) is 10.6. The van der Waals surface area contributed by atoms with Gasteiger partial charge in [-0.15, -0.1) is 0 Å². The third kappa shape index (κ3) is 3.64. The summed E-state index contributed by atoms with van der Waals surface area (Å²) in [6, 6.07) is 1.45. The molecule has 0 spiro atoms. The van der Waals surface area contributed by atoms with Crippen LogP contribution in [0.3, 0.4) is 0 Å². The molecule has 4 nitrogen and oxygen atoms in total. The van der Waals surface area contributed by atoms with Gasteiger partial charge in [0.05, 0.1) is 5.60 Å². The monoisotopic (exact) mass is 242 g/mol. The van der Waals surface area contributed by atoms with Gasteiger partial charge < -0.3 is 10.1 Å². The van der Waals surface area contributed by atoms with E-state index in [-0.39, 0.29) is 11.5 Å². The van der Waals surface area contributed by atoms with Crippen LogP contribution in [0.1, 0.15) is 26.5 Å². The quantitative estimate of drug-likeness (QED) is 0.621. The molecule has 1 aromatic rings. The lowest BCUT2D eigenvalue weighted by Crippen LogP contribution is -2.34. The minimum absolute atomic E-state index is 0.154. The SMILES string of the molecule is Cc1cc(=O)[nH]c(SCC(C)(O)C(C)C)n1. The minimum atomic E-state index is -0.757. The second-order valence-electron chi connectivity index (χ2n) is 4.49. The first-order valence-electron chi connectivity index (χ1n) is 5.24. The number of aromatic amines is 1. The lowest BCUT2D eigenvalue weighted by atomic mass is 9.95. The van der Waals surface area contributed by atoms with E-state index >= 15 is 0 Å². The molecule has 1 unspecified atom stereocenters. The smallest absolute Gasteiger partial charge is 0.251 e. The molecular weight excluding hydrogens is 224 g/mol. The van der Waals surface area contributed by atoms with Gasteiger partial charge in [0, 0.05) is 17.5 Å². The van der Waals surface area contributed by atoms with Gasteiger partial charge in [-0.1, -0.05) is 25.6 Å². The first-order valence-corrected chi connectivity index (χ1v) is 6.23. The van der Waals surface area contributed by atoms with E-state index < -0.39 is 5.60 Å². The van der Waals surface area contributed by atoms with Crippen LogP contribution in [0.4, 0.5) is 0 Å². The van der Waals surface area contributed by atoms with Gasteiger partial charge in [-0.2, -0.15) is 0 Å². The van der Waals surface area contributed by atoms with E-state index in [4.69, 9.17) is 0 Å². The zero-order valence-corrected chi connectivity index (χ0v) is 10.9. The van der Waals surface area contributed by atoms with E-state index in [1.807, 2.05) is 13.8 Å². The molecule has 0 fully saturated rings. The van der Waals surface area contributed by atoms with E-state index in [1.165, 1.54) is 17.8 Å². The van der Waals surface area contributed by atoms with E-state index in [0.717, 1.165) is 0 Å². The fraction of sp³-hybridized carbons (Fsp3) is 0.636. The highest BCUT2D eigenvalue weighted by atomic mass is 32.2. The Balaban J connectivity index is 2.72. The summed E-state index contributed by atoms with van der Waals surface area (Å²) < 4.78 is 0. The molecule has 1 heterocycles. The largest absolute Gasteiger partial charge is 0.389 e. The normalized spacial score (nSPS) is 15.1. The molecule has 0 aromatic carbocycles. The summed E-state index contributed by atoms with van der Waals surface area (Å²) in [7, 11) is 0. The molecule has 90 valence electrons. The second-order valence-corrected chi connectivity index (χ2v) is 5.46. The molecule has 0 amide bonds. The summed E-state index contributed by atoms with van der Waals surface area (Å²) in [5.74, 6) is 0.674. The minimum Gasteiger partial charge on any atom is -0.389 e. The Labute approximate surface area is 99.5 Å². The summed E-state index contributed by atoms with van der Waals surface area (Å²) in [4.78, 5) is 18.0. The molecular formula is C11H18N2O2S. The topological polar surface area (TPSA) is 66.0 Å². The molecule has 1 atom stereocenters. The Bertz CT molecular complexity index is 413. The van der Waals surface area contributed by atoms with Gasteiger partial charge in [-0.05, 0) is 19.8 Å². The number of thioether (sulfide) groups is 1. The predicted molar refractivity (Wildman–Crippen MR) is 65.8 cm³/mol. The van der Waals surface area contributed by atoms with Crippen LogP contribution in [-0.4, -0.2) is 26.4 Å². The second kappa shape index (κ2) is 5.01. The maximum absolute atomic E-state index is 11.2. The molecule has 2 N–H and O–H groups in total. The number of hydrogen-bond donors (Lipinski definition) is 2. The van der Waals surface area contributed by atoms with Gasteiger partial charge in [0.2, 0.25) is 0 Å². The third-order valence-corrected chi connectivity index (χ3v) is 3.79. The fourth-order valence-corrected chi connectivity index (χ4v) is 2.14. The van der Waals surface area contributed by atoms with Crippen molar-refractivity contribution in [3.63, 3.8) is 0 Å². The van der Waals surface area contributed by atoms with Gasteiger partial charge in [0.25, 0.3) is 5.56 Å². The summed E-state index contributed by atoms with van der Waals surface area (Å²) in [5.41, 5.74) is -0.220. The molecule has 16 heavy (non-hydrogen) atoms. The van der Waals surface area contributed by atoms with Crippen LogP contribution in [0.25, 0.3) is 0 Å². The van der Waals surface area contributed by atoms with Gasteiger partial charge in [-0.3, -0.25) is 4.79 Å². The van der Waals surface area contributed by atoms with Crippen LogP contribution in [0.2, 0.25) is 0 Å². The zero-order valence-electron chi connectivity index (χ0n) is 10.1. The Morgan fingerprint density at radius 1 is 1.62 bits per heavy atom. The number of aromatic nitrogens is 2. The predicted octanol–water partition coefficient (Wildman–Crippen LogP) is 1.58. The van der Waals surface area contributed by atoms with Gasteiger partial charge in [-0.25, -0.2) is 4.98 Å². The van der Waals surface area contributed by atoms with E-state index in [0.29, 0.717) is 16.6 Å².